The van der Waals surface area contributed by atoms with Crippen LogP contribution >= 0.6 is 0 Å². The van der Waals surface area contributed by atoms with Crippen molar-refractivity contribution in [2.75, 3.05) is 36.8 Å². The number of aromatic nitrogens is 5. The number of likely N-dealkylation sites (tertiary alicyclic amines) is 1. The maximum atomic E-state index is 13.0. The van der Waals surface area contributed by atoms with Gasteiger partial charge < -0.3 is 26.7 Å². The van der Waals surface area contributed by atoms with Gasteiger partial charge in [0.1, 0.15) is 12.1 Å². The Labute approximate surface area is 227 Å². The van der Waals surface area contributed by atoms with Crippen molar-refractivity contribution in [2.45, 2.75) is 52.4 Å². The maximum Gasteiger partial charge on any atom is 0.277 e. The molecule has 2 amide bonds. The second-order valence-electron chi connectivity index (χ2n) is 9.92. The number of anilines is 2. The van der Waals surface area contributed by atoms with E-state index >= 15 is 0 Å². The fourth-order valence-electron chi connectivity index (χ4n) is 5.42. The number of nitrogens with zero attached hydrogens (tertiary/aromatic N) is 6. The van der Waals surface area contributed by atoms with Crippen LogP contribution in [0.3, 0.4) is 0 Å². The molecule has 4 aromatic rings. The normalized spacial score (nSPS) is 14.7. The number of hydrogen-bond acceptors (Lipinski definition) is 7. The van der Waals surface area contributed by atoms with Gasteiger partial charge in [-0.25, -0.2) is 19.1 Å². The molecule has 0 radical (unpaired) electrons. The van der Waals surface area contributed by atoms with E-state index in [4.69, 9.17) is 11.5 Å². The summed E-state index contributed by atoms with van der Waals surface area (Å²) in [6.45, 7) is 9.04. The summed E-state index contributed by atoms with van der Waals surface area (Å²) in [4.78, 5) is 41.0. The van der Waals surface area contributed by atoms with E-state index in [1.807, 2.05) is 25.1 Å². The molecule has 206 valence electrons. The van der Waals surface area contributed by atoms with Crippen molar-refractivity contribution in [3.63, 3.8) is 0 Å². The minimum Gasteiger partial charge on any atom is -0.381 e. The highest BCUT2D eigenvalue weighted by Crippen LogP contribution is 2.24. The molecule has 39 heavy (non-hydrogen) atoms. The van der Waals surface area contributed by atoms with Crippen molar-refractivity contribution in [2.24, 2.45) is 5.73 Å². The predicted octanol–water partition coefficient (Wildman–Crippen LogP) is 1.14. The van der Waals surface area contributed by atoms with Gasteiger partial charge in [0, 0.05) is 37.0 Å². The third-order valence-electron chi connectivity index (χ3n) is 7.52. The Bertz CT molecular complexity index is 1490. The summed E-state index contributed by atoms with van der Waals surface area (Å²) in [7, 11) is 0. The summed E-state index contributed by atoms with van der Waals surface area (Å²) in [5.74, 6) is 1.28. The van der Waals surface area contributed by atoms with Gasteiger partial charge in [-0.1, -0.05) is 0 Å². The van der Waals surface area contributed by atoms with Gasteiger partial charge in [0.05, 0.1) is 13.1 Å². The fraction of sp³-hybridized carbons (Fsp3) is 0.444. The molecule has 5 rings (SSSR count). The van der Waals surface area contributed by atoms with Crippen LogP contribution in [0.1, 0.15) is 42.9 Å². The standard InChI is InChI=1S/C27H36N10O2/c1-3-36-21-6-5-18(27(39)31-11-14-34-12-8-19(28)9-13-34)15-22(21)37(4-2)23(36)16-35(17-38)26-24(29)33-25-20(32-26)7-10-30-25/h5-7,10,15,17,19H,3-4,8-9,11-14,16,28H2,1-2H3,(H3-,29,30,31,32,33,39)/p+1. The molecule has 1 aromatic carbocycles. The van der Waals surface area contributed by atoms with Gasteiger partial charge in [0.15, 0.2) is 28.3 Å². The average Bonchev–Trinajstić information content (AvgIpc) is 3.52. The number of nitrogens with one attached hydrogen (secondary N) is 2. The van der Waals surface area contributed by atoms with E-state index in [-0.39, 0.29) is 18.3 Å². The van der Waals surface area contributed by atoms with E-state index in [1.165, 1.54) is 4.90 Å². The number of aromatic amines is 1. The number of carbonyl (C=O) groups is 2. The number of piperidine rings is 1. The number of imidazole rings is 1. The van der Waals surface area contributed by atoms with Crippen LogP contribution < -0.4 is 26.3 Å². The van der Waals surface area contributed by atoms with Crippen LogP contribution in [0, 0.1) is 0 Å². The molecule has 3 aromatic heterocycles. The zero-order valence-electron chi connectivity index (χ0n) is 22.6. The SMILES string of the molecule is CCn1c(CN(C=O)c2nc3cc[nH]c3nc2N)[n+](CC)c2ccc(C(=O)NCCN3CCC(N)CC3)cc21. The van der Waals surface area contributed by atoms with Crippen molar-refractivity contribution in [3.8, 4) is 0 Å². The number of aryl methyl sites for hydroxylation is 2. The molecule has 0 spiro atoms. The third kappa shape index (κ3) is 5.30. The second-order valence-corrected chi connectivity index (χ2v) is 9.92. The number of benzene rings is 1. The molecule has 0 bridgehead atoms. The summed E-state index contributed by atoms with van der Waals surface area (Å²) >= 11 is 0. The molecule has 0 atom stereocenters. The lowest BCUT2D eigenvalue weighted by molar-refractivity contribution is -0.676. The molecule has 0 aliphatic carbocycles. The van der Waals surface area contributed by atoms with Crippen LogP contribution in [0.5, 0.6) is 0 Å². The van der Waals surface area contributed by atoms with Crippen molar-refractivity contribution in [1.82, 2.24) is 29.7 Å². The summed E-state index contributed by atoms with van der Waals surface area (Å²) in [5.41, 5.74) is 15.9. The van der Waals surface area contributed by atoms with Gasteiger partial charge in [0.25, 0.3) is 11.7 Å². The van der Waals surface area contributed by atoms with Crippen LogP contribution in [-0.2, 0) is 24.4 Å². The summed E-state index contributed by atoms with van der Waals surface area (Å²) in [6, 6.07) is 7.84. The van der Waals surface area contributed by atoms with Crippen LogP contribution in [0.2, 0.25) is 0 Å². The average molecular weight is 534 g/mol. The first kappa shape index (κ1) is 26.6. The molecule has 0 unspecified atom stereocenters. The van der Waals surface area contributed by atoms with Crippen LogP contribution in [0.25, 0.3) is 22.2 Å². The summed E-state index contributed by atoms with van der Waals surface area (Å²) < 4.78 is 4.28. The topological polar surface area (TPSA) is 155 Å². The summed E-state index contributed by atoms with van der Waals surface area (Å²) in [6.07, 6.45) is 4.46. The molecule has 6 N–H and O–H groups in total. The van der Waals surface area contributed by atoms with Crippen molar-refractivity contribution in [1.29, 1.82) is 0 Å². The number of fused-ring (bicyclic) bond motifs is 2. The minimum absolute atomic E-state index is 0.101. The number of rotatable bonds is 10. The molecule has 4 heterocycles. The molecule has 1 aliphatic rings. The maximum absolute atomic E-state index is 13.0. The Morgan fingerprint density at radius 2 is 2.05 bits per heavy atom. The first-order valence-electron chi connectivity index (χ1n) is 13.6. The second kappa shape index (κ2) is 11.4. The molecule has 12 heteroatoms. The van der Waals surface area contributed by atoms with E-state index in [9.17, 15) is 9.59 Å². The van der Waals surface area contributed by atoms with Crippen LogP contribution in [0.4, 0.5) is 11.6 Å². The lowest BCUT2D eigenvalue weighted by Gasteiger charge is -2.29. The number of nitrogens with two attached hydrogens (primary N) is 2. The highest BCUT2D eigenvalue weighted by atomic mass is 16.1. The van der Waals surface area contributed by atoms with Gasteiger partial charge in [-0.15, -0.1) is 0 Å². The van der Waals surface area contributed by atoms with E-state index in [1.54, 1.807) is 12.3 Å². The Morgan fingerprint density at radius 3 is 2.77 bits per heavy atom. The molecular weight excluding hydrogens is 496 g/mol. The van der Waals surface area contributed by atoms with E-state index in [0.717, 1.165) is 55.7 Å². The van der Waals surface area contributed by atoms with Gasteiger partial charge in [-0.05, 0) is 58.0 Å². The van der Waals surface area contributed by atoms with Gasteiger partial charge >= 0.3 is 0 Å². The van der Waals surface area contributed by atoms with E-state index in [0.29, 0.717) is 48.2 Å². The molecule has 1 fully saturated rings. The van der Waals surface area contributed by atoms with E-state index in [2.05, 4.69) is 41.2 Å². The Balaban J connectivity index is 1.39. The highest BCUT2D eigenvalue weighted by Gasteiger charge is 2.28. The minimum atomic E-state index is -0.101. The van der Waals surface area contributed by atoms with Gasteiger partial charge in [-0.3, -0.25) is 14.5 Å². The van der Waals surface area contributed by atoms with Crippen LogP contribution in [-0.4, -0.2) is 69.0 Å². The predicted molar refractivity (Wildman–Crippen MR) is 150 cm³/mol. The number of nitrogen functional groups attached to an aromatic ring is 1. The largest absolute Gasteiger partial charge is 0.381 e. The molecule has 1 saturated heterocycles. The quantitative estimate of drug-likeness (QED) is 0.176. The molecule has 1 aliphatic heterocycles. The smallest absolute Gasteiger partial charge is 0.277 e. The van der Waals surface area contributed by atoms with Crippen LogP contribution in [0.15, 0.2) is 30.5 Å². The number of carbonyl (C=O) groups excluding carboxylic acids is 2. The first-order chi connectivity index (χ1) is 18.9. The molecular formula is C27H37N10O2+. The Kier molecular flexibility index (Phi) is 7.75. The van der Waals surface area contributed by atoms with Crippen molar-refractivity contribution >= 4 is 46.2 Å². The molecule has 12 nitrogen and oxygen atoms in total. The van der Waals surface area contributed by atoms with Crippen molar-refractivity contribution < 1.29 is 14.2 Å². The van der Waals surface area contributed by atoms with Gasteiger partial charge in [-0.2, -0.15) is 0 Å². The lowest BCUT2D eigenvalue weighted by Crippen LogP contribution is -2.43. The zero-order chi connectivity index (χ0) is 27.5. The number of H-pyrrole nitrogens is 1. The van der Waals surface area contributed by atoms with Gasteiger partial charge in [0.2, 0.25) is 6.41 Å². The number of hydrogen-bond donors (Lipinski definition) is 4. The first-order valence-corrected chi connectivity index (χ1v) is 13.6. The lowest BCUT2D eigenvalue weighted by atomic mass is 10.1. The summed E-state index contributed by atoms with van der Waals surface area (Å²) in [5, 5.41) is 3.06. The zero-order valence-corrected chi connectivity index (χ0v) is 22.6. The van der Waals surface area contributed by atoms with Crippen molar-refractivity contribution in [3.05, 3.63) is 41.9 Å². The highest BCUT2D eigenvalue weighted by molar-refractivity contribution is 5.97. The van der Waals surface area contributed by atoms with E-state index < -0.39 is 0 Å². The number of amides is 2. The monoisotopic (exact) mass is 533 g/mol. The Hall–Kier alpha value is -4.03. The molecule has 0 saturated carbocycles. The fourth-order valence-corrected chi connectivity index (χ4v) is 5.42. The third-order valence-corrected chi connectivity index (χ3v) is 7.52. The Morgan fingerprint density at radius 1 is 1.26 bits per heavy atom.